The summed E-state index contributed by atoms with van der Waals surface area (Å²) in [5, 5.41) is 2.81. The van der Waals surface area contributed by atoms with Gasteiger partial charge in [0.25, 0.3) is 5.91 Å². The van der Waals surface area contributed by atoms with Crippen molar-refractivity contribution in [1.82, 2.24) is 10.2 Å². The predicted octanol–water partition coefficient (Wildman–Crippen LogP) is 0.756. The van der Waals surface area contributed by atoms with Crippen molar-refractivity contribution in [1.29, 1.82) is 0 Å². The van der Waals surface area contributed by atoms with Crippen molar-refractivity contribution in [3.63, 3.8) is 0 Å². The van der Waals surface area contributed by atoms with Crippen LogP contribution in [0.25, 0.3) is 0 Å². The van der Waals surface area contributed by atoms with Gasteiger partial charge in [-0.2, -0.15) is 0 Å². The van der Waals surface area contributed by atoms with E-state index in [2.05, 4.69) is 23.2 Å². The van der Waals surface area contributed by atoms with Gasteiger partial charge in [-0.25, -0.2) is 0 Å². The van der Waals surface area contributed by atoms with E-state index in [4.69, 9.17) is 4.74 Å². The van der Waals surface area contributed by atoms with Crippen LogP contribution in [0.3, 0.4) is 0 Å². The molecule has 122 valence electrons. The molecule has 23 heavy (non-hydrogen) atoms. The molecule has 3 aliphatic heterocycles. The molecule has 0 spiro atoms. The van der Waals surface area contributed by atoms with Crippen molar-refractivity contribution in [3.05, 3.63) is 29.3 Å². The molecule has 0 aliphatic carbocycles. The van der Waals surface area contributed by atoms with Crippen molar-refractivity contribution < 1.29 is 14.3 Å². The fourth-order valence-corrected chi connectivity index (χ4v) is 3.71. The van der Waals surface area contributed by atoms with Gasteiger partial charge in [0, 0.05) is 37.4 Å². The number of carbonyl (C=O) groups is 2. The van der Waals surface area contributed by atoms with E-state index in [0.717, 1.165) is 36.5 Å². The van der Waals surface area contributed by atoms with Crippen LogP contribution >= 0.6 is 0 Å². The molecule has 3 aliphatic rings. The standard InChI is InChI=1S/C17H21N3O3/c1-11-9-19(6-7-23-11)13-2-3-14-12(8-13)10-20(17(14)22)15-4-5-18-16(15)21/h2-3,8,11,15H,4-7,9-10H2,1H3,(H,18,21). The predicted molar refractivity (Wildman–Crippen MR) is 85.4 cm³/mol. The minimum Gasteiger partial charge on any atom is -0.375 e. The first-order chi connectivity index (χ1) is 11.1. The SMILES string of the molecule is CC1CN(c2ccc3c(c2)CN(C2CCNC2=O)C3=O)CCO1. The third-order valence-corrected chi connectivity index (χ3v) is 4.92. The third kappa shape index (κ3) is 2.47. The van der Waals surface area contributed by atoms with Crippen molar-refractivity contribution in [2.45, 2.75) is 32.0 Å². The van der Waals surface area contributed by atoms with Crippen LogP contribution in [0.4, 0.5) is 5.69 Å². The number of benzene rings is 1. The van der Waals surface area contributed by atoms with E-state index in [1.807, 2.05) is 12.1 Å². The normalized spacial score (nSPS) is 27.3. The summed E-state index contributed by atoms with van der Waals surface area (Å²) in [5.74, 6) is -0.0580. The van der Waals surface area contributed by atoms with Gasteiger partial charge in [0.1, 0.15) is 6.04 Å². The van der Waals surface area contributed by atoms with Crippen molar-refractivity contribution in [2.75, 3.05) is 31.1 Å². The first-order valence-electron chi connectivity index (χ1n) is 8.21. The molecule has 1 aromatic rings. The van der Waals surface area contributed by atoms with Gasteiger partial charge < -0.3 is 19.9 Å². The molecule has 1 N–H and O–H groups in total. The average Bonchev–Trinajstić information content (AvgIpc) is 3.10. The Morgan fingerprint density at radius 1 is 1.30 bits per heavy atom. The van der Waals surface area contributed by atoms with E-state index < -0.39 is 0 Å². The number of rotatable bonds is 2. The van der Waals surface area contributed by atoms with Crippen LogP contribution in [0.2, 0.25) is 0 Å². The molecule has 0 aromatic heterocycles. The van der Waals surface area contributed by atoms with Gasteiger partial charge in [0.05, 0.1) is 12.7 Å². The fourth-order valence-electron chi connectivity index (χ4n) is 3.71. The van der Waals surface area contributed by atoms with Gasteiger partial charge in [-0.15, -0.1) is 0 Å². The highest BCUT2D eigenvalue weighted by atomic mass is 16.5. The Hall–Kier alpha value is -2.08. The van der Waals surface area contributed by atoms with Gasteiger partial charge in [-0.3, -0.25) is 9.59 Å². The Labute approximate surface area is 135 Å². The summed E-state index contributed by atoms with van der Waals surface area (Å²) in [6.07, 6.45) is 0.921. The highest BCUT2D eigenvalue weighted by Gasteiger charge is 2.38. The maximum Gasteiger partial charge on any atom is 0.255 e. The van der Waals surface area contributed by atoms with Crippen molar-refractivity contribution in [2.24, 2.45) is 0 Å². The van der Waals surface area contributed by atoms with Crippen LogP contribution in [0.15, 0.2) is 18.2 Å². The molecule has 6 nitrogen and oxygen atoms in total. The number of amides is 2. The monoisotopic (exact) mass is 315 g/mol. The third-order valence-electron chi connectivity index (χ3n) is 4.92. The number of hydrogen-bond acceptors (Lipinski definition) is 4. The number of nitrogens with one attached hydrogen (secondary N) is 1. The van der Waals surface area contributed by atoms with Crippen LogP contribution < -0.4 is 10.2 Å². The first kappa shape index (κ1) is 14.5. The van der Waals surface area contributed by atoms with Crippen molar-refractivity contribution >= 4 is 17.5 Å². The topological polar surface area (TPSA) is 61.9 Å². The lowest BCUT2D eigenvalue weighted by Gasteiger charge is -2.33. The lowest BCUT2D eigenvalue weighted by molar-refractivity contribution is -0.123. The quantitative estimate of drug-likeness (QED) is 0.875. The second kappa shape index (κ2) is 5.53. The van der Waals surface area contributed by atoms with E-state index in [1.165, 1.54) is 0 Å². The van der Waals surface area contributed by atoms with E-state index in [-0.39, 0.29) is 24.0 Å². The van der Waals surface area contributed by atoms with Gasteiger partial charge in [0.15, 0.2) is 0 Å². The molecule has 2 atom stereocenters. The largest absolute Gasteiger partial charge is 0.375 e. The number of nitrogens with zero attached hydrogens (tertiary/aromatic N) is 2. The molecule has 2 amide bonds. The lowest BCUT2D eigenvalue weighted by atomic mass is 10.1. The zero-order valence-electron chi connectivity index (χ0n) is 13.2. The summed E-state index contributed by atoms with van der Waals surface area (Å²) in [6.45, 7) is 5.71. The van der Waals surface area contributed by atoms with Crippen LogP contribution in [0, 0.1) is 0 Å². The minimum absolute atomic E-state index is 0.0241. The summed E-state index contributed by atoms with van der Waals surface area (Å²) < 4.78 is 5.59. The van der Waals surface area contributed by atoms with E-state index in [0.29, 0.717) is 19.5 Å². The summed E-state index contributed by atoms with van der Waals surface area (Å²) in [4.78, 5) is 28.5. The molecule has 1 aromatic carbocycles. The van der Waals surface area contributed by atoms with Gasteiger partial charge in [-0.05, 0) is 37.1 Å². The smallest absolute Gasteiger partial charge is 0.255 e. The van der Waals surface area contributed by atoms with E-state index >= 15 is 0 Å². The first-order valence-corrected chi connectivity index (χ1v) is 8.21. The van der Waals surface area contributed by atoms with E-state index in [9.17, 15) is 9.59 Å². The molecule has 3 heterocycles. The molecular formula is C17H21N3O3. The Morgan fingerprint density at radius 3 is 2.91 bits per heavy atom. The van der Waals surface area contributed by atoms with Gasteiger partial charge >= 0.3 is 0 Å². The Morgan fingerprint density at radius 2 is 2.17 bits per heavy atom. The molecule has 2 saturated heterocycles. The highest BCUT2D eigenvalue weighted by Crippen LogP contribution is 2.30. The molecule has 6 heteroatoms. The molecule has 0 saturated carbocycles. The Balaban J connectivity index is 1.57. The second-order valence-corrected chi connectivity index (χ2v) is 6.50. The fraction of sp³-hybridized carbons (Fsp3) is 0.529. The van der Waals surface area contributed by atoms with Crippen LogP contribution in [0.1, 0.15) is 29.3 Å². The van der Waals surface area contributed by atoms with Crippen molar-refractivity contribution in [3.8, 4) is 0 Å². The average molecular weight is 315 g/mol. The number of anilines is 1. The molecule has 2 unspecified atom stereocenters. The summed E-state index contributed by atoms with van der Waals surface area (Å²) in [7, 11) is 0. The summed E-state index contributed by atoms with van der Waals surface area (Å²) in [6, 6.07) is 5.69. The Bertz CT molecular complexity index is 660. The van der Waals surface area contributed by atoms with E-state index in [1.54, 1.807) is 4.90 Å². The molecule has 0 radical (unpaired) electrons. The summed E-state index contributed by atoms with van der Waals surface area (Å²) in [5.41, 5.74) is 2.88. The maximum atomic E-state index is 12.6. The molecular weight excluding hydrogens is 294 g/mol. The lowest BCUT2D eigenvalue weighted by Crippen LogP contribution is -2.41. The number of fused-ring (bicyclic) bond motifs is 1. The maximum absolute atomic E-state index is 12.6. The summed E-state index contributed by atoms with van der Waals surface area (Å²) >= 11 is 0. The number of carbonyl (C=O) groups excluding carboxylic acids is 2. The van der Waals surface area contributed by atoms with Gasteiger partial charge in [0.2, 0.25) is 5.91 Å². The second-order valence-electron chi connectivity index (χ2n) is 6.50. The Kier molecular flexibility index (Phi) is 3.49. The zero-order valence-corrected chi connectivity index (χ0v) is 13.2. The number of morpholine rings is 1. The minimum atomic E-state index is -0.318. The number of hydrogen-bond donors (Lipinski definition) is 1. The van der Waals surface area contributed by atoms with Crippen LogP contribution in [-0.2, 0) is 16.1 Å². The van der Waals surface area contributed by atoms with Crippen LogP contribution in [0.5, 0.6) is 0 Å². The van der Waals surface area contributed by atoms with Gasteiger partial charge in [-0.1, -0.05) is 0 Å². The number of ether oxygens (including phenoxy) is 1. The molecule has 4 rings (SSSR count). The molecule has 2 fully saturated rings. The van der Waals surface area contributed by atoms with Crippen LogP contribution in [-0.4, -0.2) is 55.1 Å². The zero-order chi connectivity index (χ0) is 16.0. The highest BCUT2D eigenvalue weighted by molar-refractivity contribution is 6.01. The molecule has 0 bridgehead atoms.